The van der Waals surface area contributed by atoms with Crippen LogP contribution in [0.4, 0.5) is 0 Å². The first-order chi connectivity index (χ1) is 13.7. The fourth-order valence-corrected chi connectivity index (χ4v) is 3.42. The second-order valence-corrected chi connectivity index (χ2v) is 7.46. The Hall–Kier alpha value is -1.79. The van der Waals surface area contributed by atoms with E-state index in [-0.39, 0.29) is 0 Å². The van der Waals surface area contributed by atoms with Gasteiger partial charge >= 0.3 is 0 Å². The number of morpholine rings is 1. The molecule has 0 spiro atoms. The Morgan fingerprint density at radius 1 is 1.00 bits per heavy atom. The van der Waals surface area contributed by atoms with Gasteiger partial charge in [0.1, 0.15) is 39.3 Å². The molecule has 2 aromatic rings. The third kappa shape index (κ3) is 6.67. The zero-order chi connectivity index (χ0) is 19.6. The van der Waals surface area contributed by atoms with Gasteiger partial charge in [0.15, 0.2) is 11.5 Å². The van der Waals surface area contributed by atoms with Crippen molar-refractivity contribution >= 4 is 11.6 Å². The minimum Gasteiger partial charge on any atom is -0.490 e. The summed E-state index contributed by atoms with van der Waals surface area (Å²) in [6.07, 6.45) is 0. The first kappa shape index (κ1) is 20.9. The van der Waals surface area contributed by atoms with Gasteiger partial charge in [-0.2, -0.15) is 0 Å². The van der Waals surface area contributed by atoms with Crippen LogP contribution in [0.2, 0.25) is 5.02 Å². The molecule has 28 heavy (non-hydrogen) atoms. The highest BCUT2D eigenvalue weighted by molar-refractivity contribution is 6.30. The Labute approximate surface area is 172 Å². The van der Waals surface area contributed by atoms with E-state index < -0.39 is 0 Å². The van der Waals surface area contributed by atoms with Gasteiger partial charge in [0.05, 0.1) is 19.8 Å². The summed E-state index contributed by atoms with van der Waals surface area (Å²) in [5.41, 5.74) is 2.33. The highest BCUT2D eigenvalue weighted by Gasteiger charge is 2.14. The van der Waals surface area contributed by atoms with Crippen molar-refractivity contribution < 1.29 is 24.4 Å². The van der Waals surface area contributed by atoms with E-state index in [1.807, 2.05) is 37.3 Å². The lowest BCUT2D eigenvalue weighted by Crippen LogP contribution is -3.16. The van der Waals surface area contributed by atoms with Crippen LogP contribution in [-0.4, -0.2) is 46.0 Å². The van der Waals surface area contributed by atoms with E-state index in [4.69, 9.17) is 25.8 Å². The van der Waals surface area contributed by atoms with Crippen LogP contribution < -0.4 is 19.7 Å². The van der Waals surface area contributed by atoms with Crippen LogP contribution in [0.1, 0.15) is 18.1 Å². The minimum absolute atomic E-state index is 0.491. The molecule has 0 amide bonds. The van der Waals surface area contributed by atoms with Crippen LogP contribution in [0.3, 0.4) is 0 Å². The second-order valence-electron chi connectivity index (χ2n) is 7.02. The quantitative estimate of drug-likeness (QED) is 0.585. The molecule has 0 aliphatic carbocycles. The number of nitrogens with one attached hydrogen (secondary N) is 1. The van der Waals surface area contributed by atoms with Crippen molar-refractivity contribution in [3.8, 4) is 11.5 Å². The minimum atomic E-state index is 0.491. The van der Waals surface area contributed by atoms with Crippen LogP contribution >= 0.6 is 11.6 Å². The zero-order valence-corrected chi connectivity index (χ0v) is 17.3. The molecule has 5 nitrogen and oxygen atoms in total. The maximum absolute atomic E-state index is 5.98. The Morgan fingerprint density at radius 2 is 1.75 bits per heavy atom. The standard InChI is InChI=1S/C22H29ClN2O3/c1-2-27-22-15-19(16-24-9-10-25-11-13-26-14-12-25)5-8-21(22)28-17-18-3-6-20(23)7-4-18/h3-8,15,24H,2,9-14,16-17H2,1H3/p+2. The second kappa shape index (κ2) is 11.3. The molecule has 0 saturated carbocycles. The van der Waals surface area contributed by atoms with Gasteiger partial charge < -0.3 is 24.4 Å². The molecule has 3 rings (SSSR count). The number of benzene rings is 2. The summed E-state index contributed by atoms with van der Waals surface area (Å²) in [7, 11) is 0. The number of hydrogen-bond donors (Lipinski definition) is 2. The first-order valence-corrected chi connectivity index (χ1v) is 10.5. The van der Waals surface area contributed by atoms with Crippen molar-refractivity contribution in [3.63, 3.8) is 0 Å². The Morgan fingerprint density at radius 3 is 2.50 bits per heavy atom. The molecule has 0 radical (unpaired) electrons. The molecular formula is C22H31ClN2O3+2. The average molecular weight is 407 g/mol. The molecule has 1 aliphatic rings. The van der Waals surface area contributed by atoms with Crippen molar-refractivity contribution in [2.75, 3.05) is 46.0 Å². The molecule has 1 fully saturated rings. The molecule has 3 N–H and O–H groups in total. The van der Waals surface area contributed by atoms with Crippen LogP contribution in [0.5, 0.6) is 11.5 Å². The SMILES string of the molecule is CCOc1cc(C[NH2+]CC[NH+]2CCOCC2)ccc1OCc1ccc(Cl)cc1. The van der Waals surface area contributed by atoms with Gasteiger partial charge in [-0.05, 0) is 42.8 Å². The van der Waals surface area contributed by atoms with E-state index in [0.29, 0.717) is 13.2 Å². The van der Waals surface area contributed by atoms with Gasteiger partial charge in [-0.15, -0.1) is 0 Å². The first-order valence-electron chi connectivity index (χ1n) is 10.1. The third-order valence-corrected chi connectivity index (χ3v) is 5.15. The molecule has 2 aromatic carbocycles. The smallest absolute Gasteiger partial charge is 0.161 e. The molecule has 0 bridgehead atoms. The Bertz CT molecular complexity index is 718. The normalized spacial score (nSPS) is 14.8. The summed E-state index contributed by atoms with van der Waals surface area (Å²) in [5.74, 6) is 1.58. The average Bonchev–Trinajstić information content (AvgIpc) is 2.73. The van der Waals surface area contributed by atoms with Gasteiger partial charge in [0, 0.05) is 10.6 Å². The van der Waals surface area contributed by atoms with Gasteiger partial charge in [0.2, 0.25) is 0 Å². The van der Waals surface area contributed by atoms with E-state index in [1.165, 1.54) is 12.1 Å². The molecule has 1 heterocycles. The van der Waals surface area contributed by atoms with E-state index in [0.717, 1.165) is 61.5 Å². The summed E-state index contributed by atoms with van der Waals surface area (Å²) in [4.78, 5) is 1.64. The number of ether oxygens (including phenoxy) is 3. The molecule has 0 atom stereocenters. The number of quaternary nitrogens is 2. The molecular weight excluding hydrogens is 376 g/mol. The summed E-state index contributed by atoms with van der Waals surface area (Å²) in [6.45, 7) is 10.4. The van der Waals surface area contributed by atoms with Crippen molar-refractivity contribution in [2.45, 2.75) is 20.1 Å². The Kier molecular flexibility index (Phi) is 8.42. The summed E-state index contributed by atoms with van der Waals surface area (Å²) in [6, 6.07) is 13.9. The maximum Gasteiger partial charge on any atom is 0.161 e. The van der Waals surface area contributed by atoms with Crippen LogP contribution in [0.15, 0.2) is 42.5 Å². The molecule has 1 aliphatic heterocycles. The molecule has 6 heteroatoms. The van der Waals surface area contributed by atoms with Crippen molar-refractivity contribution in [2.24, 2.45) is 0 Å². The largest absolute Gasteiger partial charge is 0.490 e. The number of hydrogen-bond acceptors (Lipinski definition) is 3. The van der Waals surface area contributed by atoms with Crippen LogP contribution in [0, 0.1) is 0 Å². The molecule has 0 aromatic heterocycles. The molecule has 0 unspecified atom stereocenters. The summed E-state index contributed by atoms with van der Waals surface area (Å²) < 4.78 is 17.2. The van der Waals surface area contributed by atoms with E-state index in [1.54, 1.807) is 4.90 Å². The summed E-state index contributed by atoms with van der Waals surface area (Å²) in [5, 5.41) is 3.09. The lowest BCUT2D eigenvalue weighted by atomic mass is 10.2. The summed E-state index contributed by atoms with van der Waals surface area (Å²) >= 11 is 5.94. The number of halogens is 1. The predicted molar refractivity (Wildman–Crippen MR) is 110 cm³/mol. The van der Waals surface area contributed by atoms with Crippen molar-refractivity contribution in [1.29, 1.82) is 0 Å². The maximum atomic E-state index is 5.98. The molecule has 152 valence electrons. The monoisotopic (exact) mass is 406 g/mol. The zero-order valence-electron chi connectivity index (χ0n) is 16.6. The van der Waals surface area contributed by atoms with E-state index >= 15 is 0 Å². The van der Waals surface area contributed by atoms with Gasteiger partial charge in [0.25, 0.3) is 0 Å². The lowest BCUT2D eigenvalue weighted by molar-refractivity contribution is -0.920. The van der Waals surface area contributed by atoms with Crippen LogP contribution in [0.25, 0.3) is 0 Å². The van der Waals surface area contributed by atoms with Gasteiger partial charge in [-0.25, -0.2) is 0 Å². The van der Waals surface area contributed by atoms with E-state index in [9.17, 15) is 0 Å². The van der Waals surface area contributed by atoms with Gasteiger partial charge in [-0.1, -0.05) is 23.7 Å². The Balaban J connectivity index is 1.50. The fourth-order valence-electron chi connectivity index (χ4n) is 3.29. The fraction of sp³-hybridized carbons (Fsp3) is 0.455. The highest BCUT2D eigenvalue weighted by Crippen LogP contribution is 2.29. The van der Waals surface area contributed by atoms with Gasteiger partial charge in [-0.3, -0.25) is 0 Å². The highest BCUT2D eigenvalue weighted by atomic mass is 35.5. The third-order valence-electron chi connectivity index (χ3n) is 4.90. The lowest BCUT2D eigenvalue weighted by Gasteiger charge is -2.22. The number of nitrogens with two attached hydrogens (primary N) is 1. The topological polar surface area (TPSA) is 48.7 Å². The van der Waals surface area contributed by atoms with E-state index in [2.05, 4.69) is 17.4 Å². The number of rotatable bonds is 10. The predicted octanol–water partition coefficient (Wildman–Crippen LogP) is 1.30. The molecule has 1 saturated heterocycles. The van der Waals surface area contributed by atoms with Crippen molar-refractivity contribution in [1.82, 2.24) is 0 Å². The van der Waals surface area contributed by atoms with Crippen LogP contribution in [-0.2, 0) is 17.9 Å². The van der Waals surface area contributed by atoms with Crippen molar-refractivity contribution in [3.05, 3.63) is 58.6 Å².